The lowest BCUT2D eigenvalue weighted by Crippen LogP contribution is -2.31. The molecule has 0 radical (unpaired) electrons. The molecule has 0 bridgehead atoms. The van der Waals surface area contributed by atoms with E-state index < -0.39 is 5.41 Å². The van der Waals surface area contributed by atoms with Crippen LogP contribution in [0.25, 0.3) is 0 Å². The van der Waals surface area contributed by atoms with E-state index in [4.69, 9.17) is 0 Å². The average molecular weight is 439 g/mol. The Morgan fingerprint density at radius 2 is 1.47 bits per heavy atom. The monoisotopic (exact) mass is 438 g/mol. The Morgan fingerprint density at radius 1 is 0.906 bits per heavy atom. The zero-order chi connectivity index (χ0) is 24.5. The van der Waals surface area contributed by atoms with Crippen LogP contribution in [0.3, 0.4) is 0 Å². The van der Waals surface area contributed by atoms with Crippen molar-refractivity contribution in [1.82, 2.24) is 0 Å². The van der Waals surface area contributed by atoms with E-state index in [0.717, 1.165) is 17.6 Å². The van der Waals surface area contributed by atoms with Gasteiger partial charge in [-0.15, -0.1) is 0 Å². The molecule has 4 heteroatoms. The third-order valence-electron chi connectivity index (χ3n) is 5.61. The van der Waals surface area contributed by atoms with Crippen molar-refractivity contribution < 1.29 is 19.2 Å². The van der Waals surface area contributed by atoms with Crippen LogP contribution in [-0.4, -0.2) is 23.1 Å². The van der Waals surface area contributed by atoms with E-state index in [2.05, 4.69) is 0 Å². The van der Waals surface area contributed by atoms with E-state index in [1.54, 1.807) is 31.2 Å². The summed E-state index contributed by atoms with van der Waals surface area (Å²) in [6.07, 6.45) is 15.2. The van der Waals surface area contributed by atoms with Gasteiger partial charge in [-0.1, -0.05) is 69.2 Å². The van der Waals surface area contributed by atoms with Crippen molar-refractivity contribution in [3.63, 3.8) is 0 Å². The second kappa shape index (κ2) is 11.8. The number of Topliss-reactive ketones (excluding diaryl/α,β-unsaturated/α-hetero) is 3. The van der Waals surface area contributed by atoms with Gasteiger partial charge in [0.05, 0.1) is 5.57 Å². The first-order valence-corrected chi connectivity index (χ1v) is 11.3. The van der Waals surface area contributed by atoms with Crippen molar-refractivity contribution in [1.29, 1.82) is 0 Å². The van der Waals surface area contributed by atoms with E-state index in [9.17, 15) is 19.2 Å². The quantitative estimate of drug-likeness (QED) is 0.230. The molecule has 0 aromatic heterocycles. The first kappa shape index (κ1) is 27.4. The molecule has 0 aliphatic heterocycles. The molecule has 174 valence electrons. The molecule has 0 unspecified atom stereocenters. The van der Waals surface area contributed by atoms with E-state index >= 15 is 0 Å². The highest BCUT2D eigenvalue weighted by Crippen LogP contribution is 2.33. The number of carbonyl (C=O) groups is 4. The van der Waals surface area contributed by atoms with Gasteiger partial charge in [-0.3, -0.25) is 14.4 Å². The normalized spacial score (nSPS) is 18.0. The van der Waals surface area contributed by atoms with E-state index in [1.807, 2.05) is 59.8 Å². The third kappa shape index (κ3) is 9.67. The van der Waals surface area contributed by atoms with Crippen LogP contribution in [0.5, 0.6) is 0 Å². The van der Waals surface area contributed by atoms with Crippen LogP contribution in [0, 0.1) is 10.8 Å². The van der Waals surface area contributed by atoms with Gasteiger partial charge < -0.3 is 4.79 Å². The minimum atomic E-state index is -0.488. The molecule has 1 fully saturated rings. The van der Waals surface area contributed by atoms with Gasteiger partial charge in [0.1, 0.15) is 5.78 Å². The Kier molecular flexibility index (Phi) is 10.1. The second-order valence-electron chi connectivity index (χ2n) is 10.3. The Labute approximate surface area is 193 Å². The van der Waals surface area contributed by atoms with E-state index in [-0.39, 0.29) is 34.1 Å². The molecule has 0 atom stereocenters. The zero-order valence-corrected chi connectivity index (χ0v) is 20.7. The first-order chi connectivity index (χ1) is 14.7. The zero-order valence-electron chi connectivity index (χ0n) is 20.7. The summed E-state index contributed by atoms with van der Waals surface area (Å²) in [5.41, 5.74) is 1.39. The summed E-state index contributed by atoms with van der Waals surface area (Å²) < 4.78 is 0. The van der Waals surface area contributed by atoms with Gasteiger partial charge in [-0.25, -0.2) is 0 Å². The van der Waals surface area contributed by atoms with Gasteiger partial charge in [0, 0.05) is 24.7 Å². The molecular weight excluding hydrogens is 400 g/mol. The summed E-state index contributed by atoms with van der Waals surface area (Å²) in [5, 5.41) is 0. The predicted molar refractivity (Wildman–Crippen MR) is 130 cm³/mol. The Balaban J connectivity index is 2.70. The molecule has 1 rings (SSSR count). The summed E-state index contributed by atoms with van der Waals surface area (Å²) in [6, 6.07) is 0. The summed E-state index contributed by atoms with van der Waals surface area (Å²) in [7, 11) is 0. The number of carbonyl (C=O) groups excluding carboxylic acids is 4. The number of hydrogen-bond donors (Lipinski definition) is 0. The summed E-state index contributed by atoms with van der Waals surface area (Å²) in [4.78, 5) is 48.0. The Morgan fingerprint density at radius 3 is 2.03 bits per heavy atom. The minimum Gasteiger partial charge on any atom is -0.300 e. The lowest BCUT2D eigenvalue weighted by molar-refractivity contribution is -0.127. The molecule has 0 aromatic carbocycles. The first-order valence-electron chi connectivity index (χ1n) is 11.3. The van der Waals surface area contributed by atoms with Gasteiger partial charge in [0.2, 0.25) is 0 Å². The molecule has 4 nitrogen and oxygen atoms in total. The summed E-state index contributed by atoms with van der Waals surface area (Å²) >= 11 is 0. The fourth-order valence-electron chi connectivity index (χ4n) is 3.48. The average Bonchev–Trinajstić information content (AvgIpc) is 2.63. The Hall–Kier alpha value is -2.62. The molecule has 1 aliphatic carbocycles. The number of rotatable bonds is 10. The predicted octanol–water partition coefficient (Wildman–Crippen LogP) is 6.23. The molecule has 0 amide bonds. The van der Waals surface area contributed by atoms with Crippen LogP contribution >= 0.6 is 0 Å². The highest BCUT2D eigenvalue weighted by Gasteiger charge is 2.35. The van der Waals surface area contributed by atoms with Crippen molar-refractivity contribution in [2.24, 2.45) is 10.8 Å². The van der Waals surface area contributed by atoms with Gasteiger partial charge in [0.15, 0.2) is 17.3 Å². The fraction of sp³-hybridized carbons (Fsp3) is 0.500. The minimum absolute atomic E-state index is 0.0467. The highest BCUT2D eigenvalue weighted by atomic mass is 16.2. The van der Waals surface area contributed by atoms with Gasteiger partial charge in [-0.2, -0.15) is 0 Å². The number of allylic oxidation sites excluding steroid dienone is 10. The standard InChI is InChI=1S/C28H38O4/c1-20(13-15-23-24(30)18-27(4,5)19-25(23)31)10-8-11-21(2)14-16-26(32)28(6,7)17-9-12-22(3)29/h8,10-11,13-16H,9,12,17-19H2,1-7H3/b10-8+,16-14+,20-13+,21-11+. The molecule has 1 aliphatic rings. The van der Waals surface area contributed by atoms with Crippen molar-refractivity contribution >= 4 is 23.1 Å². The van der Waals surface area contributed by atoms with E-state index in [0.29, 0.717) is 25.7 Å². The largest absolute Gasteiger partial charge is 0.300 e. The maximum absolute atomic E-state index is 12.5. The van der Waals surface area contributed by atoms with Crippen LogP contribution < -0.4 is 0 Å². The molecule has 32 heavy (non-hydrogen) atoms. The van der Waals surface area contributed by atoms with Gasteiger partial charge in [0.25, 0.3) is 0 Å². The topological polar surface area (TPSA) is 68.3 Å². The van der Waals surface area contributed by atoms with Crippen LogP contribution in [0.1, 0.15) is 80.6 Å². The van der Waals surface area contributed by atoms with Crippen LogP contribution in [0.15, 0.2) is 59.3 Å². The molecule has 0 saturated heterocycles. The molecule has 0 N–H and O–H groups in total. The fourth-order valence-corrected chi connectivity index (χ4v) is 3.48. The van der Waals surface area contributed by atoms with Crippen molar-refractivity contribution in [2.45, 2.75) is 80.6 Å². The van der Waals surface area contributed by atoms with Crippen molar-refractivity contribution in [3.8, 4) is 0 Å². The van der Waals surface area contributed by atoms with Crippen LogP contribution in [0.2, 0.25) is 0 Å². The van der Waals surface area contributed by atoms with Crippen molar-refractivity contribution in [3.05, 3.63) is 59.3 Å². The lowest BCUT2D eigenvalue weighted by atomic mass is 9.74. The molecule has 0 heterocycles. The number of ketones is 4. The van der Waals surface area contributed by atoms with Gasteiger partial charge in [-0.05, 0) is 51.2 Å². The third-order valence-corrected chi connectivity index (χ3v) is 5.61. The molecule has 1 saturated carbocycles. The summed E-state index contributed by atoms with van der Waals surface area (Å²) in [6.45, 7) is 13.1. The SMILES string of the molecule is CC(=O)CCCC(C)(C)C(=O)/C=C/C(C)=C/C=C/C(C)=C/C=C1C(=O)CC(C)(C)CC1=O. The molecule has 0 spiro atoms. The van der Waals surface area contributed by atoms with E-state index in [1.165, 1.54) is 0 Å². The maximum atomic E-state index is 12.5. The molecule has 0 aromatic rings. The number of hydrogen-bond acceptors (Lipinski definition) is 4. The lowest BCUT2D eigenvalue weighted by Gasteiger charge is -2.28. The van der Waals surface area contributed by atoms with Crippen molar-refractivity contribution in [2.75, 3.05) is 0 Å². The highest BCUT2D eigenvalue weighted by molar-refractivity contribution is 6.22. The van der Waals surface area contributed by atoms with Crippen LogP contribution in [0.4, 0.5) is 0 Å². The maximum Gasteiger partial charge on any atom is 0.166 e. The smallest absolute Gasteiger partial charge is 0.166 e. The summed E-state index contributed by atoms with van der Waals surface area (Å²) in [5.74, 6) is 0.0179. The second-order valence-corrected chi connectivity index (χ2v) is 10.3. The Bertz CT molecular complexity index is 880. The van der Waals surface area contributed by atoms with Gasteiger partial charge >= 0.3 is 0 Å². The molecular formula is C28H38O4. The van der Waals surface area contributed by atoms with Crippen LogP contribution in [-0.2, 0) is 19.2 Å².